The maximum absolute atomic E-state index is 14.3. The predicted octanol–water partition coefficient (Wildman–Crippen LogP) is 1.93. The predicted molar refractivity (Wildman–Crippen MR) is 103 cm³/mol. The second kappa shape index (κ2) is 7.29. The molecule has 0 bridgehead atoms. The Bertz CT molecular complexity index is 1050. The number of piperidine rings is 1. The van der Waals surface area contributed by atoms with Crippen molar-refractivity contribution in [1.82, 2.24) is 14.1 Å². The number of rotatable bonds is 4. The lowest BCUT2D eigenvalue weighted by Crippen LogP contribution is -2.44. The van der Waals surface area contributed by atoms with Crippen LogP contribution in [0.15, 0.2) is 40.2 Å². The van der Waals surface area contributed by atoms with Crippen molar-refractivity contribution in [1.29, 1.82) is 0 Å². The summed E-state index contributed by atoms with van der Waals surface area (Å²) in [5, 5.41) is 4.29. The monoisotopic (exact) mass is 406 g/mol. The Balaban J connectivity index is 1.58. The molecule has 2 aliphatic rings. The van der Waals surface area contributed by atoms with Crippen molar-refractivity contribution in [3.8, 4) is 0 Å². The van der Waals surface area contributed by atoms with Crippen molar-refractivity contribution in [2.45, 2.75) is 37.1 Å². The normalized spacial score (nSPS) is 20.8. The maximum Gasteiger partial charge on any atom is 0.269 e. The molecule has 28 heavy (non-hydrogen) atoms. The van der Waals surface area contributed by atoms with Gasteiger partial charge in [-0.3, -0.25) is 4.79 Å². The van der Waals surface area contributed by atoms with Gasteiger partial charge in [-0.25, -0.2) is 17.5 Å². The van der Waals surface area contributed by atoms with Crippen molar-refractivity contribution in [2.75, 3.05) is 31.1 Å². The van der Waals surface area contributed by atoms with Crippen LogP contribution in [0.5, 0.6) is 0 Å². The molecule has 0 aliphatic carbocycles. The van der Waals surface area contributed by atoms with E-state index in [1.165, 1.54) is 21.1 Å². The summed E-state index contributed by atoms with van der Waals surface area (Å²) >= 11 is 0. The van der Waals surface area contributed by atoms with Gasteiger partial charge in [-0.15, -0.1) is 0 Å². The van der Waals surface area contributed by atoms with Gasteiger partial charge in [-0.2, -0.15) is 9.40 Å². The highest BCUT2D eigenvalue weighted by atomic mass is 32.2. The van der Waals surface area contributed by atoms with Crippen LogP contribution in [0, 0.1) is 12.7 Å². The minimum atomic E-state index is -3.97. The van der Waals surface area contributed by atoms with E-state index in [1.807, 2.05) is 0 Å². The van der Waals surface area contributed by atoms with E-state index >= 15 is 0 Å². The van der Waals surface area contributed by atoms with E-state index in [-0.39, 0.29) is 23.0 Å². The van der Waals surface area contributed by atoms with E-state index in [0.717, 1.165) is 25.2 Å². The molecule has 1 atom stereocenters. The molecule has 2 aliphatic heterocycles. The molecule has 0 spiro atoms. The molecule has 4 rings (SSSR count). The first kappa shape index (κ1) is 19.1. The topological polar surface area (TPSA) is 75.5 Å². The van der Waals surface area contributed by atoms with Gasteiger partial charge in [0.1, 0.15) is 10.7 Å². The molecule has 2 aromatic rings. The second-order valence-electron chi connectivity index (χ2n) is 7.43. The molecule has 0 unspecified atom stereocenters. The van der Waals surface area contributed by atoms with Crippen molar-refractivity contribution in [3.05, 3.63) is 52.2 Å². The van der Waals surface area contributed by atoms with Crippen LogP contribution < -0.4 is 10.5 Å². The molecule has 0 radical (unpaired) electrons. The van der Waals surface area contributed by atoms with Gasteiger partial charge in [-0.1, -0.05) is 6.07 Å². The van der Waals surface area contributed by atoms with Gasteiger partial charge in [0.2, 0.25) is 10.0 Å². The average Bonchev–Trinajstić information content (AvgIpc) is 2.60. The summed E-state index contributed by atoms with van der Waals surface area (Å²) in [6.45, 7) is 3.95. The standard InChI is InChI=1S/C19H23FN4O3S/c1-14-5-6-18(17(20)10-14)28(26,27)23-9-2-4-15(13-23)24-19(25)11-16(12-21-24)22-7-3-8-22/h5-6,10-12,15H,2-4,7-9,13H2,1H3/t15-/m1/s1. The van der Waals surface area contributed by atoms with Crippen LogP contribution >= 0.6 is 0 Å². The molecule has 0 amide bonds. The molecule has 7 nitrogen and oxygen atoms in total. The van der Waals surface area contributed by atoms with Crippen molar-refractivity contribution < 1.29 is 12.8 Å². The van der Waals surface area contributed by atoms with Crippen molar-refractivity contribution in [3.63, 3.8) is 0 Å². The van der Waals surface area contributed by atoms with Crippen LogP contribution in [0.1, 0.15) is 30.9 Å². The minimum Gasteiger partial charge on any atom is -0.370 e. The van der Waals surface area contributed by atoms with E-state index in [1.54, 1.807) is 25.3 Å². The first-order chi connectivity index (χ1) is 13.4. The lowest BCUT2D eigenvalue weighted by molar-refractivity contribution is 0.247. The number of nitrogens with zero attached hydrogens (tertiary/aromatic N) is 4. The molecule has 9 heteroatoms. The van der Waals surface area contributed by atoms with Crippen LogP contribution in [0.2, 0.25) is 0 Å². The third-order valence-corrected chi connectivity index (χ3v) is 7.34. The SMILES string of the molecule is Cc1ccc(S(=O)(=O)N2CCC[C@@H](n3ncc(N4CCC4)cc3=O)C2)c(F)c1. The maximum atomic E-state index is 14.3. The smallest absolute Gasteiger partial charge is 0.269 e. The van der Waals surface area contributed by atoms with Crippen LogP contribution in [-0.4, -0.2) is 48.7 Å². The fraction of sp³-hybridized carbons (Fsp3) is 0.474. The average molecular weight is 406 g/mol. The lowest BCUT2D eigenvalue weighted by atomic mass is 10.1. The number of aromatic nitrogens is 2. The highest BCUT2D eigenvalue weighted by Crippen LogP contribution is 2.27. The highest BCUT2D eigenvalue weighted by molar-refractivity contribution is 7.89. The second-order valence-corrected chi connectivity index (χ2v) is 9.34. The summed E-state index contributed by atoms with van der Waals surface area (Å²) in [5.74, 6) is -0.753. The van der Waals surface area contributed by atoms with Gasteiger partial charge in [0, 0.05) is 32.2 Å². The van der Waals surface area contributed by atoms with Gasteiger partial charge in [-0.05, 0) is 43.9 Å². The molecule has 2 saturated heterocycles. The van der Waals surface area contributed by atoms with E-state index in [9.17, 15) is 17.6 Å². The fourth-order valence-corrected chi connectivity index (χ4v) is 5.28. The van der Waals surface area contributed by atoms with E-state index in [2.05, 4.69) is 10.00 Å². The summed E-state index contributed by atoms with van der Waals surface area (Å²) < 4.78 is 42.8. The molecule has 150 valence electrons. The quantitative estimate of drug-likeness (QED) is 0.776. The van der Waals surface area contributed by atoms with Gasteiger partial charge in [0.15, 0.2) is 0 Å². The van der Waals surface area contributed by atoms with Crippen LogP contribution in [0.4, 0.5) is 10.1 Å². The molecular weight excluding hydrogens is 383 g/mol. The van der Waals surface area contributed by atoms with Gasteiger partial charge in [0.05, 0.1) is 17.9 Å². The van der Waals surface area contributed by atoms with Crippen LogP contribution in [-0.2, 0) is 10.0 Å². The number of hydrogen-bond donors (Lipinski definition) is 0. The number of aryl methyl sites for hydroxylation is 1. The van der Waals surface area contributed by atoms with E-state index in [4.69, 9.17) is 0 Å². The van der Waals surface area contributed by atoms with Crippen molar-refractivity contribution in [2.24, 2.45) is 0 Å². The summed E-state index contributed by atoms with van der Waals surface area (Å²) in [6, 6.07) is 5.29. The van der Waals surface area contributed by atoms with Gasteiger partial charge >= 0.3 is 0 Å². The Morgan fingerprint density at radius 1 is 1.14 bits per heavy atom. The largest absolute Gasteiger partial charge is 0.370 e. The summed E-state index contributed by atoms with van der Waals surface area (Å²) in [5.41, 5.74) is 1.22. The lowest BCUT2D eigenvalue weighted by Gasteiger charge is -2.34. The highest BCUT2D eigenvalue weighted by Gasteiger charge is 2.33. The first-order valence-corrected chi connectivity index (χ1v) is 10.9. The van der Waals surface area contributed by atoms with E-state index in [0.29, 0.717) is 24.9 Å². The van der Waals surface area contributed by atoms with Gasteiger partial charge < -0.3 is 4.90 Å². The zero-order valence-corrected chi connectivity index (χ0v) is 16.5. The Morgan fingerprint density at radius 3 is 2.57 bits per heavy atom. The Morgan fingerprint density at radius 2 is 1.93 bits per heavy atom. The molecule has 1 aromatic carbocycles. The number of benzene rings is 1. The number of hydrogen-bond acceptors (Lipinski definition) is 5. The summed E-state index contributed by atoms with van der Waals surface area (Å²) in [4.78, 5) is 14.3. The molecule has 3 heterocycles. The third-order valence-electron chi connectivity index (χ3n) is 5.44. The first-order valence-electron chi connectivity index (χ1n) is 9.46. The van der Waals surface area contributed by atoms with E-state index < -0.39 is 15.8 Å². The Hall–Kier alpha value is -2.26. The summed E-state index contributed by atoms with van der Waals surface area (Å²) in [6.07, 6.45) is 4.00. The molecule has 1 aromatic heterocycles. The fourth-order valence-electron chi connectivity index (χ4n) is 3.72. The Kier molecular flexibility index (Phi) is 4.96. The minimum absolute atomic E-state index is 0.103. The molecule has 0 N–H and O–H groups in total. The van der Waals surface area contributed by atoms with Crippen molar-refractivity contribution >= 4 is 15.7 Å². The number of sulfonamides is 1. The van der Waals surface area contributed by atoms with Crippen LogP contribution in [0.25, 0.3) is 0 Å². The number of halogens is 1. The zero-order chi connectivity index (χ0) is 19.9. The zero-order valence-electron chi connectivity index (χ0n) is 15.7. The Labute approximate surface area is 163 Å². The molecular formula is C19H23FN4O3S. The third kappa shape index (κ3) is 3.44. The number of anilines is 1. The molecule has 2 fully saturated rings. The molecule has 0 saturated carbocycles. The van der Waals surface area contributed by atoms with Crippen LogP contribution in [0.3, 0.4) is 0 Å². The summed E-state index contributed by atoms with van der Waals surface area (Å²) in [7, 11) is -3.97. The van der Waals surface area contributed by atoms with Gasteiger partial charge in [0.25, 0.3) is 5.56 Å².